The molecule has 0 bridgehead atoms. The van der Waals surface area contributed by atoms with Crippen LogP contribution in [0, 0.1) is 0 Å². The van der Waals surface area contributed by atoms with Crippen molar-refractivity contribution >= 4 is 0 Å². The van der Waals surface area contributed by atoms with Gasteiger partial charge in [0.1, 0.15) is 0 Å². The van der Waals surface area contributed by atoms with Crippen LogP contribution < -0.4 is 5.73 Å². The summed E-state index contributed by atoms with van der Waals surface area (Å²) in [6.07, 6.45) is 0. The lowest BCUT2D eigenvalue weighted by Crippen LogP contribution is -2.53. The Kier molecular flexibility index (Phi) is 4.75. The smallest absolute Gasteiger partial charge is 0.0471 e. The summed E-state index contributed by atoms with van der Waals surface area (Å²) in [7, 11) is 0. The zero-order chi connectivity index (χ0) is 13.0. The molecule has 0 spiro atoms. The van der Waals surface area contributed by atoms with Crippen LogP contribution in [0.25, 0.3) is 0 Å². The number of rotatable bonds is 4. The summed E-state index contributed by atoms with van der Waals surface area (Å²) in [5.74, 6) is 0. The molecule has 3 heteroatoms. The molecular weight excluding hydrogens is 222 g/mol. The molecule has 0 aliphatic carbocycles. The molecule has 1 fully saturated rings. The lowest BCUT2D eigenvalue weighted by Gasteiger charge is -2.42. The second kappa shape index (κ2) is 6.32. The molecule has 0 saturated carbocycles. The highest BCUT2D eigenvalue weighted by atomic mass is 15.3. The maximum Gasteiger partial charge on any atom is 0.0471 e. The third-order valence-corrected chi connectivity index (χ3v) is 4.05. The summed E-state index contributed by atoms with van der Waals surface area (Å²) in [6.45, 7) is 9.79. The van der Waals surface area contributed by atoms with E-state index in [0.29, 0.717) is 18.6 Å². The molecule has 18 heavy (non-hydrogen) atoms. The standard InChI is InChI=1S/C15H25N3/c1-3-17-9-10-18(12-13(17)2)15(11-16)14-7-5-4-6-8-14/h4-8,13,15H,3,9-12,16H2,1-2H3. The number of hydrogen-bond acceptors (Lipinski definition) is 3. The van der Waals surface area contributed by atoms with E-state index in [1.54, 1.807) is 0 Å². The molecule has 1 aliphatic heterocycles. The Morgan fingerprint density at radius 2 is 2.00 bits per heavy atom. The number of nitrogens with zero attached hydrogens (tertiary/aromatic N) is 2. The van der Waals surface area contributed by atoms with Gasteiger partial charge in [-0.05, 0) is 19.0 Å². The zero-order valence-corrected chi connectivity index (χ0v) is 11.5. The first-order valence-electron chi connectivity index (χ1n) is 6.99. The Bertz CT molecular complexity index is 352. The van der Waals surface area contributed by atoms with Gasteiger partial charge >= 0.3 is 0 Å². The largest absolute Gasteiger partial charge is 0.329 e. The monoisotopic (exact) mass is 247 g/mol. The summed E-state index contributed by atoms with van der Waals surface area (Å²) >= 11 is 0. The molecule has 3 nitrogen and oxygen atoms in total. The minimum Gasteiger partial charge on any atom is -0.329 e. The Labute approximate surface area is 111 Å². The van der Waals surface area contributed by atoms with Crippen LogP contribution in [0.1, 0.15) is 25.5 Å². The van der Waals surface area contributed by atoms with Crippen molar-refractivity contribution in [1.29, 1.82) is 0 Å². The van der Waals surface area contributed by atoms with Gasteiger partial charge in [-0.25, -0.2) is 0 Å². The van der Waals surface area contributed by atoms with Crippen molar-refractivity contribution < 1.29 is 0 Å². The molecule has 1 heterocycles. The number of hydrogen-bond donors (Lipinski definition) is 1. The second-order valence-electron chi connectivity index (χ2n) is 5.13. The molecule has 0 amide bonds. The van der Waals surface area contributed by atoms with Gasteiger partial charge in [-0.3, -0.25) is 9.80 Å². The summed E-state index contributed by atoms with van der Waals surface area (Å²) in [5, 5.41) is 0. The predicted molar refractivity (Wildman–Crippen MR) is 76.5 cm³/mol. The highest BCUT2D eigenvalue weighted by Crippen LogP contribution is 2.22. The van der Waals surface area contributed by atoms with Crippen LogP contribution >= 0.6 is 0 Å². The van der Waals surface area contributed by atoms with Gasteiger partial charge in [0.2, 0.25) is 0 Å². The van der Waals surface area contributed by atoms with Crippen LogP contribution in [0.4, 0.5) is 0 Å². The molecule has 2 N–H and O–H groups in total. The van der Waals surface area contributed by atoms with Gasteiger partial charge in [-0.2, -0.15) is 0 Å². The summed E-state index contributed by atoms with van der Waals surface area (Å²) in [5.41, 5.74) is 7.34. The van der Waals surface area contributed by atoms with Crippen molar-refractivity contribution in [2.24, 2.45) is 5.73 Å². The number of piperazine rings is 1. The van der Waals surface area contributed by atoms with Crippen LogP contribution in [0.5, 0.6) is 0 Å². The fraction of sp³-hybridized carbons (Fsp3) is 0.600. The van der Waals surface area contributed by atoms with E-state index in [1.165, 1.54) is 5.56 Å². The Balaban J connectivity index is 2.06. The van der Waals surface area contributed by atoms with Gasteiger partial charge in [-0.1, -0.05) is 37.3 Å². The van der Waals surface area contributed by atoms with Gasteiger partial charge in [-0.15, -0.1) is 0 Å². The van der Waals surface area contributed by atoms with Crippen LogP contribution in [-0.4, -0.2) is 48.6 Å². The molecule has 1 aliphatic rings. The molecule has 0 aromatic heterocycles. The fourth-order valence-electron chi connectivity index (χ4n) is 2.95. The van der Waals surface area contributed by atoms with Gasteiger partial charge in [0.05, 0.1) is 0 Å². The summed E-state index contributed by atoms with van der Waals surface area (Å²) < 4.78 is 0. The van der Waals surface area contributed by atoms with Gasteiger partial charge in [0, 0.05) is 38.3 Å². The lowest BCUT2D eigenvalue weighted by molar-refractivity contribution is 0.0606. The van der Waals surface area contributed by atoms with E-state index in [9.17, 15) is 0 Å². The van der Waals surface area contributed by atoms with Gasteiger partial charge in [0.25, 0.3) is 0 Å². The predicted octanol–water partition coefficient (Wildman–Crippen LogP) is 1.71. The molecule has 2 rings (SSSR count). The Hall–Kier alpha value is -0.900. The lowest BCUT2D eigenvalue weighted by atomic mass is 10.0. The summed E-state index contributed by atoms with van der Waals surface area (Å²) in [4.78, 5) is 5.07. The van der Waals surface area contributed by atoms with Crippen LogP contribution in [0.2, 0.25) is 0 Å². The minimum atomic E-state index is 0.368. The first-order valence-corrected chi connectivity index (χ1v) is 6.99. The van der Waals surface area contributed by atoms with Crippen molar-refractivity contribution in [2.45, 2.75) is 25.9 Å². The molecule has 100 valence electrons. The maximum atomic E-state index is 5.99. The van der Waals surface area contributed by atoms with E-state index in [-0.39, 0.29) is 0 Å². The first-order chi connectivity index (χ1) is 8.76. The van der Waals surface area contributed by atoms with E-state index < -0.39 is 0 Å². The average molecular weight is 247 g/mol. The third-order valence-electron chi connectivity index (χ3n) is 4.05. The SMILES string of the molecule is CCN1CCN(C(CN)c2ccccc2)CC1C. The quantitative estimate of drug-likeness (QED) is 0.879. The number of benzene rings is 1. The van der Waals surface area contributed by atoms with Gasteiger partial charge in [0.15, 0.2) is 0 Å². The topological polar surface area (TPSA) is 32.5 Å². The van der Waals surface area contributed by atoms with Crippen molar-refractivity contribution in [3.05, 3.63) is 35.9 Å². The molecule has 1 aromatic carbocycles. The Morgan fingerprint density at radius 3 is 2.56 bits per heavy atom. The Morgan fingerprint density at radius 1 is 1.28 bits per heavy atom. The summed E-state index contributed by atoms with van der Waals surface area (Å²) in [6, 6.07) is 11.6. The first kappa shape index (κ1) is 13.5. The van der Waals surface area contributed by atoms with Crippen molar-refractivity contribution in [3.63, 3.8) is 0 Å². The molecule has 1 saturated heterocycles. The fourth-order valence-corrected chi connectivity index (χ4v) is 2.95. The molecular formula is C15H25N3. The van der Waals surface area contributed by atoms with E-state index in [2.05, 4.69) is 54.0 Å². The number of likely N-dealkylation sites (N-methyl/N-ethyl adjacent to an activating group) is 1. The van der Waals surface area contributed by atoms with E-state index in [4.69, 9.17) is 5.73 Å². The minimum absolute atomic E-state index is 0.368. The van der Waals surface area contributed by atoms with Crippen molar-refractivity contribution in [1.82, 2.24) is 9.80 Å². The molecule has 2 unspecified atom stereocenters. The highest BCUT2D eigenvalue weighted by molar-refractivity contribution is 5.19. The van der Waals surface area contributed by atoms with E-state index >= 15 is 0 Å². The van der Waals surface area contributed by atoms with Crippen molar-refractivity contribution in [3.8, 4) is 0 Å². The van der Waals surface area contributed by atoms with Crippen LogP contribution in [0.3, 0.4) is 0 Å². The maximum absolute atomic E-state index is 5.99. The second-order valence-corrected chi connectivity index (χ2v) is 5.13. The molecule has 2 atom stereocenters. The van der Waals surface area contributed by atoms with E-state index in [0.717, 1.165) is 26.2 Å². The average Bonchev–Trinajstić information content (AvgIpc) is 2.41. The van der Waals surface area contributed by atoms with Crippen molar-refractivity contribution in [2.75, 3.05) is 32.7 Å². The highest BCUT2D eigenvalue weighted by Gasteiger charge is 2.27. The number of nitrogens with two attached hydrogens (primary N) is 1. The zero-order valence-electron chi connectivity index (χ0n) is 11.5. The van der Waals surface area contributed by atoms with Crippen LogP contribution in [0.15, 0.2) is 30.3 Å². The molecule has 1 aromatic rings. The molecule has 0 radical (unpaired) electrons. The third kappa shape index (κ3) is 2.91. The van der Waals surface area contributed by atoms with Gasteiger partial charge < -0.3 is 5.73 Å². The van der Waals surface area contributed by atoms with Crippen LogP contribution in [-0.2, 0) is 0 Å². The normalized spacial score (nSPS) is 24.1. The van der Waals surface area contributed by atoms with E-state index in [1.807, 2.05) is 0 Å².